The van der Waals surface area contributed by atoms with E-state index in [1.165, 1.54) is 7.05 Å². The Bertz CT molecular complexity index is 441. The number of amides is 1. The summed E-state index contributed by atoms with van der Waals surface area (Å²) in [4.78, 5) is 24.8. The van der Waals surface area contributed by atoms with Crippen molar-refractivity contribution < 1.29 is 33.0 Å². The second-order valence-electron chi connectivity index (χ2n) is 7.28. The van der Waals surface area contributed by atoms with E-state index < -0.39 is 42.5 Å². The molecule has 0 aliphatic heterocycles. The normalized spacial score (nSPS) is 15.6. The summed E-state index contributed by atoms with van der Waals surface area (Å²) in [7, 11) is 1.19. The van der Waals surface area contributed by atoms with Gasteiger partial charge in [-0.2, -0.15) is 13.2 Å². The smallest absolute Gasteiger partial charge is 0.389 e. The molecule has 0 aromatic carbocycles. The van der Waals surface area contributed by atoms with Gasteiger partial charge in [-0.3, -0.25) is 4.79 Å². The number of nitrogens with zero attached hydrogens (tertiary/aromatic N) is 1. The van der Waals surface area contributed by atoms with Crippen molar-refractivity contribution in [2.75, 3.05) is 7.05 Å². The number of carboxylic acid groups (broad SMARTS) is 1. The van der Waals surface area contributed by atoms with Gasteiger partial charge in [0.15, 0.2) is 0 Å². The molecular weight excluding hydrogens is 351 g/mol. The Balaban J connectivity index is 5.25. The third kappa shape index (κ3) is 9.40. The molecule has 0 spiro atoms. The van der Waals surface area contributed by atoms with Crippen LogP contribution in [0.25, 0.3) is 0 Å². The lowest BCUT2D eigenvalue weighted by atomic mass is 9.91. The molecule has 0 bridgehead atoms. The van der Waals surface area contributed by atoms with Gasteiger partial charge in [-0.25, -0.2) is 4.79 Å². The molecule has 0 fully saturated rings. The van der Waals surface area contributed by atoms with Gasteiger partial charge >= 0.3 is 12.1 Å². The standard InChI is InChI=1S/C18H32F3NO4/c1-5-6-7-8-9-15(23)13(11-18(19,20)21)16(24)22(4)14(17(25)26)10-12(2)3/h12-15,23H,5-11H2,1-4H3,(H,25,26)/t13-,14+,15-/m1/s1. The first-order valence-corrected chi connectivity index (χ1v) is 9.15. The second kappa shape index (κ2) is 11.4. The van der Waals surface area contributed by atoms with Gasteiger partial charge in [0.1, 0.15) is 6.04 Å². The largest absolute Gasteiger partial charge is 0.480 e. The van der Waals surface area contributed by atoms with Crippen LogP contribution in [-0.2, 0) is 9.59 Å². The first-order chi connectivity index (χ1) is 11.9. The third-order valence-electron chi connectivity index (χ3n) is 4.38. The van der Waals surface area contributed by atoms with Gasteiger partial charge in [-0.1, -0.05) is 46.5 Å². The van der Waals surface area contributed by atoms with E-state index in [-0.39, 0.29) is 18.8 Å². The fourth-order valence-corrected chi connectivity index (χ4v) is 2.90. The van der Waals surface area contributed by atoms with E-state index >= 15 is 0 Å². The molecule has 0 saturated carbocycles. The number of likely N-dealkylation sites (N-methyl/N-ethyl adjacent to an activating group) is 1. The molecule has 0 aromatic heterocycles. The van der Waals surface area contributed by atoms with Gasteiger partial charge in [0.2, 0.25) is 5.91 Å². The van der Waals surface area contributed by atoms with Gasteiger partial charge in [-0.05, 0) is 18.8 Å². The van der Waals surface area contributed by atoms with E-state index in [0.717, 1.165) is 24.2 Å². The van der Waals surface area contributed by atoms with Crippen molar-refractivity contribution in [3.63, 3.8) is 0 Å². The number of unbranched alkanes of at least 4 members (excludes halogenated alkanes) is 3. The lowest BCUT2D eigenvalue weighted by Gasteiger charge is -2.32. The summed E-state index contributed by atoms with van der Waals surface area (Å²) in [5, 5.41) is 19.5. The number of carboxylic acids is 1. The highest BCUT2D eigenvalue weighted by molar-refractivity contribution is 5.85. The van der Waals surface area contributed by atoms with Crippen molar-refractivity contribution in [1.82, 2.24) is 4.90 Å². The predicted molar refractivity (Wildman–Crippen MR) is 92.6 cm³/mol. The van der Waals surface area contributed by atoms with Crippen LogP contribution in [0.1, 0.15) is 65.7 Å². The molecule has 0 heterocycles. The minimum Gasteiger partial charge on any atom is -0.480 e. The SMILES string of the molecule is CCCCCC[C@@H](O)[C@@H](CC(F)(F)F)C(=O)N(C)[C@@H](CC(C)C)C(=O)O. The number of hydrogen-bond donors (Lipinski definition) is 2. The molecule has 3 atom stereocenters. The molecule has 0 radical (unpaired) electrons. The van der Waals surface area contributed by atoms with Crippen molar-refractivity contribution >= 4 is 11.9 Å². The molecule has 0 aromatic rings. The maximum Gasteiger partial charge on any atom is 0.389 e. The Morgan fingerprint density at radius 1 is 1.12 bits per heavy atom. The van der Waals surface area contributed by atoms with Crippen molar-refractivity contribution in [3.05, 3.63) is 0 Å². The number of carbonyl (C=O) groups excluding carboxylic acids is 1. The van der Waals surface area contributed by atoms with Crippen LogP contribution >= 0.6 is 0 Å². The lowest BCUT2D eigenvalue weighted by molar-refractivity contribution is -0.170. The number of halogens is 3. The van der Waals surface area contributed by atoms with Gasteiger partial charge in [-0.15, -0.1) is 0 Å². The maximum absolute atomic E-state index is 12.9. The zero-order chi connectivity index (χ0) is 20.5. The van der Waals surface area contributed by atoms with Gasteiger partial charge in [0.25, 0.3) is 0 Å². The van der Waals surface area contributed by atoms with Crippen molar-refractivity contribution in [3.8, 4) is 0 Å². The van der Waals surface area contributed by atoms with Crippen LogP contribution in [0.15, 0.2) is 0 Å². The van der Waals surface area contributed by atoms with Crippen LogP contribution in [0.4, 0.5) is 13.2 Å². The Morgan fingerprint density at radius 2 is 1.69 bits per heavy atom. The van der Waals surface area contributed by atoms with E-state index in [2.05, 4.69) is 0 Å². The van der Waals surface area contributed by atoms with Crippen LogP contribution in [0.2, 0.25) is 0 Å². The fourth-order valence-electron chi connectivity index (χ4n) is 2.90. The minimum absolute atomic E-state index is 0.0496. The van der Waals surface area contributed by atoms with E-state index in [1.807, 2.05) is 6.92 Å². The van der Waals surface area contributed by atoms with Crippen molar-refractivity contribution in [1.29, 1.82) is 0 Å². The molecule has 0 saturated heterocycles. The van der Waals surface area contributed by atoms with E-state index in [9.17, 15) is 33.0 Å². The molecule has 0 aliphatic carbocycles. The Morgan fingerprint density at radius 3 is 2.12 bits per heavy atom. The predicted octanol–water partition coefficient (Wildman–Crippen LogP) is 3.84. The summed E-state index contributed by atoms with van der Waals surface area (Å²) in [6.07, 6.45) is -4.18. The molecule has 0 unspecified atom stereocenters. The highest BCUT2D eigenvalue weighted by Crippen LogP contribution is 2.30. The highest BCUT2D eigenvalue weighted by Gasteiger charge is 2.42. The number of aliphatic carboxylic acids is 1. The molecule has 26 heavy (non-hydrogen) atoms. The first-order valence-electron chi connectivity index (χ1n) is 9.15. The van der Waals surface area contributed by atoms with E-state index in [4.69, 9.17) is 0 Å². The van der Waals surface area contributed by atoms with Gasteiger partial charge in [0, 0.05) is 7.05 Å². The van der Waals surface area contributed by atoms with Crippen LogP contribution in [0, 0.1) is 11.8 Å². The van der Waals surface area contributed by atoms with Gasteiger partial charge in [0.05, 0.1) is 18.4 Å². The van der Waals surface area contributed by atoms with Crippen LogP contribution in [-0.4, -0.2) is 52.4 Å². The first kappa shape index (κ1) is 24.7. The Kier molecular flexibility index (Phi) is 10.8. The summed E-state index contributed by atoms with van der Waals surface area (Å²) in [6, 6.07) is -1.22. The average molecular weight is 383 g/mol. The highest BCUT2D eigenvalue weighted by atomic mass is 19.4. The zero-order valence-corrected chi connectivity index (χ0v) is 16.1. The summed E-state index contributed by atoms with van der Waals surface area (Å²) >= 11 is 0. The van der Waals surface area contributed by atoms with Crippen LogP contribution in [0.3, 0.4) is 0 Å². The molecule has 154 valence electrons. The maximum atomic E-state index is 12.9. The number of carbonyl (C=O) groups is 2. The van der Waals surface area contributed by atoms with E-state index in [1.54, 1.807) is 13.8 Å². The molecule has 1 amide bonds. The monoisotopic (exact) mass is 383 g/mol. The number of alkyl halides is 3. The summed E-state index contributed by atoms with van der Waals surface area (Å²) in [5.74, 6) is -3.97. The van der Waals surface area contributed by atoms with Crippen molar-refractivity contribution in [2.45, 2.75) is 84.0 Å². The topological polar surface area (TPSA) is 77.8 Å². The molecule has 2 N–H and O–H groups in total. The summed E-state index contributed by atoms with van der Waals surface area (Å²) in [6.45, 7) is 5.52. The quantitative estimate of drug-likeness (QED) is 0.502. The van der Waals surface area contributed by atoms with Crippen molar-refractivity contribution in [2.24, 2.45) is 11.8 Å². The molecular formula is C18H32F3NO4. The zero-order valence-electron chi connectivity index (χ0n) is 16.1. The number of aliphatic hydroxyl groups is 1. The fraction of sp³-hybridized carbons (Fsp3) is 0.889. The Hall–Kier alpha value is -1.31. The molecule has 8 heteroatoms. The van der Waals surface area contributed by atoms with Crippen LogP contribution < -0.4 is 0 Å². The average Bonchev–Trinajstić information content (AvgIpc) is 2.51. The minimum atomic E-state index is -4.62. The lowest BCUT2D eigenvalue weighted by Crippen LogP contribution is -2.49. The second-order valence-corrected chi connectivity index (χ2v) is 7.28. The summed E-state index contributed by atoms with van der Waals surface area (Å²) < 4.78 is 38.7. The van der Waals surface area contributed by atoms with Crippen LogP contribution in [0.5, 0.6) is 0 Å². The van der Waals surface area contributed by atoms with E-state index in [0.29, 0.717) is 6.42 Å². The number of aliphatic hydroxyl groups excluding tert-OH is 1. The molecule has 0 aliphatic rings. The molecule has 5 nitrogen and oxygen atoms in total. The number of rotatable bonds is 12. The molecule has 0 rings (SSSR count). The number of hydrogen-bond acceptors (Lipinski definition) is 3. The van der Waals surface area contributed by atoms with Gasteiger partial charge < -0.3 is 15.1 Å². The Labute approximate surface area is 153 Å². The summed E-state index contributed by atoms with van der Waals surface area (Å²) in [5.41, 5.74) is 0. The third-order valence-corrected chi connectivity index (χ3v) is 4.38.